The first kappa shape index (κ1) is 11.7. The molecule has 0 spiro atoms. The van der Waals surface area contributed by atoms with Crippen LogP contribution >= 0.6 is 0 Å². The SMILES string of the molecule is CNC(CCc1cncnc1)c1ccccc1. The standard InChI is InChI=1S/C14H17N3/c1-15-14(13-5-3-2-4-6-13)8-7-12-9-16-11-17-10-12/h2-6,9-11,14-15H,7-8H2,1H3. The maximum atomic E-state index is 4.03. The van der Waals surface area contributed by atoms with Crippen molar-refractivity contribution in [2.24, 2.45) is 0 Å². The van der Waals surface area contributed by atoms with E-state index in [1.54, 1.807) is 6.33 Å². The van der Waals surface area contributed by atoms with Crippen molar-refractivity contribution in [2.75, 3.05) is 7.05 Å². The largest absolute Gasteiger partial charge is 0.313 e. The van der Waals surface area contributed by atoms with Gasteiger partial charge in [-0.15, -0.1) is 0 Å². The highest BCUT2D eigenvalue weighted by Crippen LogP contribution is 2.17. The molecule has 2 aromatic rings. The monoisotopic (exact) mass is 227 g/mol. The lowest BCUT2D eigenvalue weighted by atomic mass is 10.0. The average molecular weight is 227 g/mol. The van der Waals surface area contributed by atoms with Gasteiger partial charge in [0.05, 0.1) is 0 Å². The minimum absolute atomic E-state index is 0.386. The van der Waals surface area contributed by atoms with Crippen LogP contribution < -0.4 is 5.32 Å². The van der Waals surface area contributed by atoms with Gasteiger partial charge in [0, 0.05) is 18.4 Å². The van der Waals surface area contributed by atoms with Gasteiger partial charge in [0.1, 0.15) is 6.33 Å². The molecule has 0 amide bonds. The highest BCUT2D eigenvalue weighted by molar-refractivity contribution is 5.19. The summed E-state index contributed by atoms with van der Waals surface area (Å²) < 4.78 is 0. The van der Waals surface area contributed by atoms with Crippen LogP contribution in [0.15, 0.2) is 49.1 Å². The van der Waals surface area contributed by atoms with E-state index in [4.69, 9.17) is 0 Å². The first-order valence-corrected chi connectivity index (χ1v) is 5.86. The summed E-state index contributed by atoms with van der Waals surface area (Å²) >= 11 is 0. The highest BCUT2D eigenvalue weighted by atomic mass is 14.9. The van der Waals surface area contributed by atoms with Crippen LogP contribution in [-0.4, -0.2) is 17.0 Å². The summed E-state index contributed by atoms with van der Waals surface area (Å²) in [6.07, 6.45) is 7.36. The van der Waals surface area contributed by atoms with Crippen molar-refractivity contribution in [3.05, 3.63) is 60.2 Å². The molecule has 1 atom stereocenters. The molecule has 0 bridgehead atoms. The Kier molecular flexibility index (Phi) is 4.22. The molecule has 88 valence electrons. The lowest BCUT2D eigenvalue weighted by Crippen LogP contribution is -2.17. The Balaban J connectivity index is 1.97. The predicted octanol–water partition coefficient (Wildman–Crippen LogP) is 2.37. The zero-order chi connectivity index (χ0) is 11.9. The third-order valence-corrected chi connectivity index (χ3v) is 2.89. The van der Waals surface area contributed by atoms with Crippen LogP contribution in [0.5, 0.6) is 0 Å². The molecule has 3 heteroatoms. The molecule has 0 aliphatic heterocycles. The Bertz CT molecular complexity index is 428. The zero-order valence-corrected chi connectivity index (χ0v) is 10.0. The highest BCUT2D eigenvalue weighted by Gasteiger charge is 2.08. The van der Waals surface area contributed by atoms with E-state index in [9.17, 15) is 0 Å². The van der Waals surface area contributed by atoms with Crippen LogP contribution in [-0.2, 0) is 6.42 Å². The van der Waals surface area contributed by atoms with E-state index in [1.165, 1.54) is 11.1 Å². The van der Waals surface area contributed by atoms with Crippen LogP contribution in [0.1, 0.15) is 23.6 Å². The van der Waals surface area contributed by atoms with Crippen molar-refractivity contribution in [2.45, 2.75) is 18.9 Å². The van der Waals surface area contributed by atoms with Gasteiger partial charge < -0.3 is 5.32 Å². The van der Waals surface area contributed by atoms with Crippen LogP contribution in [0.25, 0.3) is 0 Å². The number of hydrogen-bond donors (Lipinski definition) is 1. The lowest BCUT2D eigenvalue weighted by Gasteiger charge is -2.16. The van der Waals surface area contributed by atoms with Gasteiger partial charge in [-0.05, 0) is 31.0 Å². The van der Waals surface area contributed by atoms with Crippen molar-refractivity contribution < 1.29 is 0 Å². The van der Waals surface area contributed by atoms with E-state index in [-0.39, 0.29) is 0 Å². The van der Waals surface area contributed by atoms with Crippen molar-refractivity contribution >= 4 is 0 Å². The fourth-order valence-corrected chi connectivity index (χ4v) is 1.93. The second-order valence-electron chi connectivity index (χ2n) is 4.04. The quantitative estimate of drug-likeness (QED) is 0.852. The Morgan fingerprint density at radius 3 is 2.47 bits per heavy atom. The summed E-state index contributed by atoms with van der Waals surface area (Å²) in [4.78, 5) is 8.06. The third-order valence-electron chi connectivity index (χ3n) is 2.89. The predicted molar refractivity (Wildman–Crippen MR) is 68.6 cm³/mol. The Labute approximate surface area is 102 Å². The molecule has 1 unspecified atom stereocenters. The van der Waals surface area contributed by atoms with Gasteiger partial charge in [-0.2, -0.15) is 0 Å². The van der Waals surface area contributed by atoms with Crippen molar-refractivity contribution in [3.8, 4) is 0 Å². The number of aryl methyl sites for hydroxylation is 1. The third kappa shape index (κ3) is 3.36. The van der Waals surface area contributed by atoms with E-state index in [0.29, 0.717) is 6.04 Å². The number of nitrogens with zero attached hydrogens (tertiary/aromatic N) is 2. The second kappa shape index (κ2) is 6.11. The van der Waals surface area contributed by atoms with E-state index in [1.807, 2.05) is 25.5 Å². The molecule has 2 rings (SSSR count). The van der Waals surface area contributed by atoms with E-state index in [0.717, 1.165) is 12.8 Å². The van der Waals surface area contributed by atoms with Gasteiger partial charge in [-0.3, -0.25) is 0 Å². The zero-order valence-electron chi connectivity index (χ0n) is 10.0. The van der Waals surface area contributed by atoms with E-state index in [2.05, 4.69) is 39.6 Å². The van der Waals surface area contributed by atoms with Gasteiger partial charge in [0.2, 0.25) is 0 Å². The normalized spacial score (nSPS) is 12.3. The summed E-state index contributed by atoms with van der Waals surface area (Å²) in [5.74, 6) is 0. The molecule has 1 heterocycles. The van der Waals surface area contributed by atoms with Crippen molar-refractivity contribution in [1.29, 1.82) is 0 Å². The summed E-state index contributed by atoms with van der Waals surface area (Å²) in [5, 5.41) is 3.35. The summed E-state index contributed by atoms with van der Waals surface area (Å²) in [5.41, 5.74) is 2.51. The first-order chi connectivity index (χ1) is 8.40. The Hall–Kier alpha value is -1.74. The second-order valence-corrected chi connectivity index (χ2v) is 4.04. The topological polar surface area (TPSA) is 37.8 Å². The summed E-state index contributed by atoms with van der Waals surface area (Å²) in [7, 11) is 2.00. The number of benzene rings is 1. The summed E-state index contributed by atoms with van der Waals surface area (Å²) in [6, 6.07) is 10.9. The number of rotatable bonds is 5. The number of nitrogens with one attached hydrogen (secondary N) is 1. The van der Waals surface area contributed by atoms with Crippen LogP contribution in [0.4, 0.5) is 0 Å². The molecule has 0 saturated heterocycles. The van der Waals surface area contributed by atoms with Crippen molar-refractivity contribution in [1.82, 2.24) is 15.3 Å². The van der Waals surface area contributed by atoms with Crippen LogP contribution in [0.3, 0.4) is 0 Å². The fraction of sp³-hybridized carbons (Fsp3) is 0.286. The maximum Gasteiger partial charge on any atom is 0.115 e. The van der Waals surface area contributed by atoms with Crippen LogP contribution in [0, 0.1) is 0 Å². The molecule has 1 aromatic carbocycles. The Morgan fingerprint density at radius 1 is 1.12 bits per heavy atom. The lowest BCUT2D eigenvalue weighted by molar-refractivity contribution is 0.548. The maximum absolute atomic E-state index is 4.03. The first-order valence-electron chi connectivity index (χ1n) is 5.86. The molecule has 3 nitrogen and oxygen atoms in total. The van der Waals surface area contributed by atoms with Gasteiger partial charge >= 0.3 is 0 Å². The molecule has 1 aromatic heterocycles. The molecular weight excluding hydrogens is 210 g/mol. The molecule has 0 aliphatic rings. The van der Waals surface area contributed by atoms with E-state index >= 15 is 0 Å². The molecular formula is C14H17N3. The molecule has 0 fully saturated rings. The fourth-order valence-electron chi connectivity index (χ4n) is 1.93. The molecule has 17 heavy (non-hydrogen) atoms. The summed E-state index contributed by atoms with van der Waals surface area (Å²) in [6.45, 7) is 0. The van der Waals surface area contributed by atoms with Crippen molar-refractivity contribution in [3.63, 3.8) is 0 Å². The Morgan fingerprint density at radius 2 is 1.82 bits per heavy atom. The van der Waals surface area contributed by atoms with Crippen LogP contribution in [0.2, 0.25) is 0 Å². The van der Waals surface area contributed by atoms with E-state index < -0.39 is 0 Å². The smallest absolute Gasteiger partial charge is 0.115 e. The minimum Gasteiger partial charge on any atom is -0.313 e. The van der Waals surface area contributed by atoms with Gasteiger partial charge in [-0.1, -0.05) is 30.3 Å². The van der Waals surface area contributed by atoms with Gasteiger partial charge in [-0.25, -0.2) is 9.97 Å². The number of hydrogen-bond acceptors (Lipinski definition) is 3. The minimum atomic E-state index is 0.386. The molecule has 0 radical (unpaired) electrons. The number of aromatic nitrogens is 2. The average Bonchev–Trinajstić information content (AvgIpc) is 2.42. The molecule has 0 aliphatic carbocycles. The van der Waals surface area contributed by atoms with Gasteiger partial charge in [0.25, 0.3) is 0 Å². The molecule has 0 saturated carbocycles. The molecule has 1 N–H and O–H groups in total. The van der Waals surface area contributed by atoms with Gasteiger partial charge in [0.15, 0.2) is 0 Å².